The Labute approximate surface area is 457 Å². The number of nitrogens with zero attached hydrogens (tertiary/aromatic N) is 4. The van der Waals surface area contributed by atoms with E-state index < -0.39 is 18.1 Å². The van der Waals surface area contributed by atoms with E-state index in [1.165, 1.54) is 16.8 Å². The molecule has 0 unspecified atom stereocenters. The zero-order valence-electron chi connectivity index (χ0n) is 50.9. The Morgan fingerprint density at radius 3 is 1.62 bits per heavy atom. The molecule has 0 amide bonds. The summed E-state index contributed by atoms with van der Waals surface area (Å²) >= 11 is 0. The molecule has 0 saturated heterocycles. The second-order valence-electron chi connectivity index (χ2n) is 24.3. The van der Waals surface area contributed by atoms with Crippen LogP contribution in [0, 0.1) is 0 Å². The minimum atomic E-state index is -0.458. The highest BCUT2D eigenvalue weighted by atomic mass is 16.5. The number of para-hydroxylation sites is 4. The van der Waals surface area contributed by atoms with Gasteiger partial charge in [-0.3, -0.25) is 4.57 Å². The second-order valence-corrected chi connectivity index (χ2v) is 24.3. The monoisotopic (exact) mass is 1000 g/mol. The number of aromatic nitrogens is 2. The van der Waals surface area contributed by atoms with E-state index in [-0.39, 0.29) is 39.3 Å². The van der Waals surface area contributed by atoms with E-state index in [1.807, 2.05) is 48.5 Å². The van der Waals surface area contributed by atoms with Gasteiger partial charge in [-0.2, -0.15) is 0 Å². The lowest BCUT2D eigenvalue weighted by Crippen LogP contribution is -2.25. The van der Waals surface area contributed by atoms with Gasteiger partial charge in [0.15, 0.2) is 0 Å². The van der Waals surface area contributed by atoms with Crippen LogP contribution in [0.5, 0.6) is 23.0 Å². The molecular weight excluding hydrogens is 929 g/mol. The highest BCUT2D eigenvalue weighted by Crippen LogP contribution is 2.48. The third-order valence-electron chi connectivity index (χ3n) is 14.6. The molecule has 0 atom stereocenters. The summed E-state index contributed by atoms with van der Waals surface area (Å²) in [4.78, 5) is 9.74. The van der Waals surface area contributed by atoms with Crippen molar-refractivity contribution in [2.45, 2.75) is 105 Å². The van der Waals surface area contributed by atoms with Crippen molar-refractivity contribution in [2.24, 2.45) is 0 Å². The van der Waals surface area contributed by atoms with E-state index in [1.54, 1.807) is 18.3 Å². The summed E-state index contributed by atoms with van der Waals surface area (Å²) < 4.78 is 60.1. The SMILES string of the molecule is [2H]c1c([2H])c([2H])c(-c2cccc(-c3cc(C(C)(C)C)cc(C(C)(C)C)c3)c2Oc2ccnc(-n3c4ccccc4c4ccc(Oc5cccc(N6CN(c7cc(C(C)(C)C)cc(C(C)(C)C)c7)c7ccccc76)c5)cc43)c2)c([2H])c1[2H]. The van der Waals surface area contributed by atoms with E-state index >= 15 is 0 Å². The van der Waals surface area contributed by atoms with Gasteiger partial charge in [0.25, 0.3) is 0 Å². The normalized spacial score (nSPS) is 14.1. The van der Waals surface area contributed by atoms with Gasteiger partial charge in [0.05, 0.1) is 29.3 Å². The minimum absolute atomic E-state index is 0.0235. The summed E-state index contributed by atoms with van der Waals surface area (Å²) in [5, 5.41) is 2.05. The highest BCUT2D eigenvalue weighted by Gasteiger charge is 2.31. The fraction of sp³-hybridized carbons (Fsp3) is 0.243. The molecule has 382 valence electrons. The molecule has 8 aromatic carbocycles. The van der Waals surface area contributed by atoms with Gasteiger partial charge in [-0.05, 0) is 116 Å². The van der Waals surface area contributed by atoms with Crippen LogP contribution in [-0.4, -0.2) is 16.2 Å². The Morgan fingerprint density at radius 1 is 0.434 bits per heavy atom. The largest absolute Gasteiger partial charge is 0.457 e. The van der Waals surface area contributed by atoms with Crippen LogP contribution in [0.1, 0.15) is 112 Å². The molecule has 0 saturated carbocycles. The van der Waals surface area contributed by atoms with Gasteiger partial charge in [-0.25, -0.2) is 4.98 Å². The van der Waals surface area contributed by atoms with E-state index in [0.29, 0.717) is 46.6 Å². The molecule has 76 heavy (non-hydrogen) atoms. The molecule has 6 heteroatoms. The van der Waals surface area contributed by atoms with Gasteiger partial charge in [0.2, 0.25) is 0 Å². The van der Waals surface area contributed by atoms with Gasteiger partial charge in [-0.15, -0.1) is 0 Å². The van der Waals surface area contributed by atoms with Gasteiger partial charge in [0.1, 0.15) is 35.5 Å². The van der Waals surface area contributed by atoms with Crippen molar-refractivity contribution in [1.82, 2.24) is 9.55 Å². The summed E-state index contributed by atoms with van der Waals surface area (Å²) in [5.74, 6) is 2.73. The maximum atomic E-state index is 9.13. The molecule has 1 aliphatic rings. The van der Waals surface area contributed by atoms with Crippen LogP contribution in [0.4, 0.5) is 22.7 Å². The van der Waals surface area contributed by atoms with Gasteiger partial charge in [0, 0.05) is 57.7 Å². The standard InChI is InChI=1S/C70H70N4O2/c1-67(2,3)48-36-47(37-49(38-48)68(4,5)6)58-28-21-27-57(46-22-14-13-15-23-46)66(58)76-56-34-35-71-65(44-56)74-61-29-17-16-26-59(61)60-33-32-55(43-64(60)74)75-54-25-20-24-52(42-54)72-45-73(63-31-19-18-30-62(63)72)53-40-50(69(7,8)9)39-51(41-53)70(10,11)12/h13-44H,45H2,1-12H3/i13D,14D,15D,22D,23D. The molecule has 0 bridgehead atoms. The number of benzene rings is 8. The van der Waals surface area contributed by atoms with E-state index in [9.17, 15) is 0 Å². The second kappa shape index (κ2) is 18.9. The Hall–Kier alpha value is -8.09. The van der Waals surface area contributed by atoms with Crippen LogP contribution in [0.3, 0.4) is 0 Å². The van der Waals surface area contributed by atoms with Crippen molar-refractivity contribution < 1.29 is 16.3 Å². The van der Waals surface area contributed by atoms with E-state index in [4.69, 9.17) is 21.3 Å². The average molecular weight is 1000 g/mol. The molecule has 6 nitrogen and oxygen atoms in total. The molecule has 1 aliphatic heterocycles. The topological polar surface area (TPSA) is 42.8 Å². The molecule has 0 fully saturated rings. The van der Waals surface area contributed by atoms with Crippen molar-refractivity contribution in [1.29, 1.82) is 0 Å². The van der Waals surface area contributed by atoms with Crippen molar-refractivity contribution in [3.63, 3.8) is 0 Å². The molecule has 0 aliphatic carbocycles. The number of ether oxygens (including phenoxy) is 2. The van der Waals surface area contributed by atoms with Gasteiger partial charge < -0.3 is 19.3 Å². The Balaban J connectivity index is 0.981. The van der Waals surface area contributed by atoms with Crippen LogP contribution in [0.25, 0.3) is 49.9 Å². The van der Waals surface area contributed by atoms with E-state index in [0.717, 1.165) is 55.6 Å². The summed E-state index contributed by atoms with van der Waals surface area (Å²) in [6.07, 6.45) is 1.71. The number of fused-ring (bicyclic) bond motifs is 4. The predicted molar refractivity (Wildman–Crippen MR) is 319 cm³/mol. The quantitative estimate of drug-likeness (QED) is 0.144. The lowest BCUT2D eigenvalue weighted by molar-refractivity contribution is 0.483. The summed E-state index contributed by atoms with van der Waals surface area (Å²) in [7, 11) is 0. The zero-order valence-corrected chi connectivity index (χ0v) is 45.9. The van der Waals surface area contributed by atoms with Crippen molar-refractivity contribution in [2.75, 3.05) is 16.5 Å². The maximum absolute atomic E-state index is 9.13. The molecule has 3 heterocycles. The van der Waals surface area contributed by atoms with Crippen LogP contribution >= 0.6 is 0 Å². The predicted octanol–water partition coefficient (Wildman–Crippen LogP) is 19.5. The number of anilines is 4. The maximum Gasteiger partial charge on any atom is 0.143 e. The first-order chi connectivity index (χ1) is 38.2. The molecule has 0 N–H and O–H groups in total. The number of hydrogen-bond acceptors (Lipinski definition) is 5. The Morgan fingerprint density at radius 2 is 0.974 bits per heavy atom. The lowest BCUT2D eigenvalue weighted by atomic mass is 9.78. The first kappa shape index (κ1) is 44.2. The lowest BCUT2D eigenvalue weighted by Gasteiger charge is -2.29. The van der Waals surface area contributed by atoms with Crippen LogP contribution in [0.2, 0.25) is 0 Å². The van der Waals surface area contributed by atoms with Crippen molar-refractivity contribution in [3.8, 4) is 51.1 Å². The van der Waals surface area contributed by atoms with Crippen LogP contribution < -0.4 is 19.3 Å². The summed E-state index contributed by atoms with van der Waals surface area (Å²) in [6.45, 7) is 27.5. The van der Waals surface area contributed by atoms with Crippen LogP contribution in [-0.2, 0) is 21.7 Å². The number of hydrogen-bond donors (Lipinski definition) is 0. The zero-order chi connectivity index (χ0) is 57.7. The highest BCUT2D eigenvalue weighted by molar-refractivity contribution is 6.09. The molecule has 2 aromatic heterocycles. The van der Waals surface area contributed by atoms with Crippen molar-refractivity contribution >= 4 is 44.6 Å². The fourth-order valence-corrected chi connectivity index (χ4v) is 10.2. The molecule has 0 radical (unpaired) electrons. The Kier molecular flexibility index (Phi) is 11.0. The van der Waals surface area contributed by atoms with Gasteiger partial charge >= 0.3 is 0 Å². The molecule has 0 spiro atoms. The van der Waals surface area contributed by atoms with Gasteiger partial charge in [-0.1, -0.05) is 192 Å². The smallest absolute Gasteiger partial charge is 0.143 e. The first-order valence-electron chi connectivity index (χ1n) is 28.9. The Bertz CT molecular complexity index is 4020. The third kappa shape index (κ3) is 9.73. The van der Waals surface area contributed by atoms with Crippen LogP contribution in [0.15, 0.2) is 194 Å². The third-order valence-corrected chi connectivity index (χ3v) is 14.6. The number of pyridine rings is 1. The van der Waals surface area contributed by atoms with Crippen molar-refractivity contribution in [3.05, 3.63) is 216 Å². The fourth-order valence-electron chi connectivity index (χ4n) is 10.2. The van der Waals surface area contributed by atoms with E-state index in [2.05, 4.69) is 195 Å². The summed E-state index contributed by atoms with van der Waals surface area (Å²) in [5.41, 5.74) is 12.7. The molecular formula is C70H70N4O2. The average Bonchev–Trinajstić information content (AvgIpc) is 4.22. The number of rotatable bonds is 9. The summed E-state index contributed by atoms with van der Waals surface area (Å²) in [6, 6.07) is 52.3. The first-order valence-corrected chi connectivity index (χ1v) is 26.4. The molecule has 10 aromatic rings. The minimum Gasteiger partial charge on any atom is -0.457 e. The molecule has 11 rings (SSSR count).